The predicted molar refractivity (Wildman–Crippen MR) is 83.3 cm³/mol. The molecule has 6 heteroatoms. The molecule has 0 heterocycles. The monoisotopic (exact) mass is 308 g/mol. The highest BCUT2D eigenvalue weighted by Crippen LogP contribution is 2.25. The Kier molecular flexibility index (Phi) is 6.67. The van der Waals surface area contributed by atoms with E-state index in [0.717, 1.165) is 6.07 Å². The van der Waals surface area contributed by atoms with Gasteiger partial charge in [-0.15, -0.1) is 6.42 Å². The first-order valence-corrected chi connectivity index (χ1v) is 7.07. The second kappa shape index (κ2) is 8.25. The third-order valence-electron chi connectivity index (χ3n) is 3.40. The molecule has 0 unspecified atom stereocenters. The van der Waals surface area contributed by atoms with E-state index in [1.165, 1.54) is 12.1 Å². The predicted octanol–water partition coefficient (Wildman–Crippen LogP) is 2.51. The number of nitrogens with one attached hydrogen (secondary N) is 2. The average Bonchev–Trinajstić information content (AvgIpc) is 2.52. The van der Waals surface area contributed by atoms with Gasteiger partial charge in [0.2, 0.25) is 0 Å². The van der Waals surface area contributed by atoms with Gasteiger partial charge in [0.05, 0.1) is 11.3 Å². The van der Waals surface area contributed by atoms with E-state index in [9.17, 15) is 14.3 Å². The molecule has 3 N–H and O–H groups in total. The number of ether oxygens (including phenoxy) is 1. The van der Waals surface area contributed by atoms with Crippen LogP contribution in [0.2, 0.25) is 0 Å². The number of rotatable bonds is 7. The largest absolute Gasteiger partial charge is 0.479 e. The Balaban J connectivity index is 2.70. The maximum Gasteiger partial charge on any atom is 0.319 e. The average molecular weight is 308 g/mol. The maximum absolute atomic E-state index is 13.2. The number of terminal acetylenes is 1. The summed E-state index contributed by atoms with van der Waals surface area (Å²) in [6.07, 6.45) is 6.15. The molecule has 0 fully saturated rings. The van der Waals surface area contributed by atoms with Crippen LogP contribution in [0.3, 0.4) is 0 Å². The van der Waals surface area contributed by atoms with Gasteiger partial charge in [0.1, 0.15) is 18.2 Å². The number of anilines is 1. The Bertz CT molecular complexity index is 551. The zero-order chi connectivity index (χ0) is 16.6. The van der Waals surface area contributed by atoms with Crippen molar-refractivity contribution in [1.29, 1.82) is 0 Å². The van der Waals surface area contributed by atoms with E-state index < -0.39 is 17.4 Å². The molecule has 0 aromatic heterocycles. The Morgan fingerprint density at radius 3 is 2.73 bits per heavy atom. The van der Waals surface area contributed by atoms with Gasteiger partial charge in [0.15, 0.2) is 0 Å². The Morgan fingerprint density at radius 2 is 2.14 bits per heavy atom. The fourth-order valence-electron chi connectivity index (χ4n) is 1.75. The van der Waals surface area contributed by atoms with Crippen molar-refractivity contribution in [1.82, 2.24) is 5.32 Å². The van der Waals surface area contributed by atoms with Crippen LogP contribution in [0.4, 0.5) is 14.9 Å². The number of hydrogen-bond acceptors (Lipinski definition) is 3. The molecule has 22 heavy (non-hydrogen) atoms. The van der Waals surface area contributed by atoms with Crippen molar-refractivity contribution < 1.29 is 19.0 Å². The van der Waals surface area contributed by atoms with Crippen LogP contribution in [-0.2, 0) is 0 Å². The second-order valence-corrected chi connectivity index (χ2v) is 4.87. The molecule has 0 bridgehead atoms. The van der Waals surface area contributed by atoms with Gasteiger partial charge < -0.3 is 20.5 Å². The van der Waals surface area contributed by atoms with E-state index in [1.54, 1.807) is 0 Å². The molecule has 0 radical (unpaired) electrons. The van der Waals surface area contributed by atoms with Crippen LogP contribution in [0.25, 0.3) is 0 Å². The number of benzene rings is 1. The normalized spacial score (nSPS) is 10.7. The lowest BCUT2D eigenvalue weighted by Crippen LogP contribution is -2.43. The van der Waals surface area contributed by atoms with Crippen molar-refractivity contribution in [2.75, 3.05) is 18.5 Å². The number of halogens is 1. The number of aliphatic hydroxyl groups is 1. The number of hydrogen-bond donors (Lipinski definition) is 3. The summed E-state index contributed by atoms with van der Waals surface area (Å²) in [4.78, 5) is 11.9. The number of carbonyl (C=O) groups is 1. The zero-order valence-corrected chi connectivity index (χ0v) is 12.8. The number of carbonyl (C=O) groups excluding carboxylic acids is 1. The summed E-state index contributed by atoms with van der Waals surface area (Å²) in [5.74, 6) is 1.92. The van der Waals surface area contributed by atoms with Gasteiger partial charge in [-0.1, -0.05) is 19.8 Å². The van der Waals surface area contributed by atoms with Gasteiger partial charge in [-0.3, -0.25) is 0 Å². The minimum atomic E-state index is -0.942. The van der Waals surface area contributed by atoms with Crippen molar-refractivity contribution >= 4 is 11.7 Å². The number of urea groups is 1. The summed E-state index contributed by atoms with van der Waals surface area (Å²) in [6.45, 7) is 3.77. The summed E-state index contributed by atoms with van der Waals surface area (Å²) >= 11 is 0. The van der Waals surface area contributed by atoms with Crippen LogP contribution >= 0.6 is 0 Å². The Hall–Kier alpha value is -2.26. The topological polar surface area (TPSA) is 70.6 Å². The van der Waals surface area contributed by atoms with Gasteiger partial charge in [-0.05, 0) is 25.0 Å². The van der Waals surface area contributed by atoms with Crippen LogP contribution in [-0.4, -0.2) is 29.9 Å². The molecular formula is C16H21FN2O3. The van der Waals surface area contributed by atoms with E-state index in [4.69, 9.17) is 11.2 Å². The summed E-state index contributed by atoms with van der Waals surface area (Å²) in [5.41, 5.74) is -0.645. The van der Waals surface area contributed by atoms with Gasteiger partial charge in [0, 0.05) is 12.6 Å². The van der Waals surface area contributed by atoms with Crippen molar-refractivity contribution in [2.24, 2.45) is 0 Å². The van der Waals surface area contributed by atoms with E-state index >= 15 is 0 Å². The molecule has 1 aromatic carbocycles. The van der Waals surface area contributed by atoms with E-state index in [2.05, 4.69) is 16.6 Å². The molecule has 0 atom stereocenters. The summed E-state index contributed by atoms with van der Waals surface area (Å²) in [7, 11) is 0. The quantitative estimate of drug-likeness (QED) is 0.678. The van der Waals surface area contributed by atoms with Crippen LogP contribution in [0, 0.1) is 18.2 Å². The molecule has 0 aliphatic heterocycles. The number of amides is 2. The fourth-order valence-corrected chi connectivity index (χ4v) is 1.75. The molecule has 2 amide bonds. The first kappa shape index (κ1) is 17.8. The summed E-state index contributed by atoms with van der Waals surface area (Å²) in [5, 5.41) is 15.2. The van der Waals surface area contributed by atoms with Crippen LogP contribution in [0.5, 0.6) is 5.75 Å². The van der Waals surface area contributed by atoms with Gasteiger partial charge >= 0.3 is 6.03 Å². The molecule has 1 aromatic rings. The Labute approximate surface area is 129 Å². The summed E-state index contributed by atoms with van der Waals surface area (Å²) in [6, 6.07) is 3.21. The molecule has 1 rings (SSSR count). The smallest absolute Gasteiger partial charge is 0.319 e. The second-order valence-electron chi connectivity index (χ2n) is 4.87. The standard InChI is InChI=1S/C16H21FN2O3/c1-4-9-22-14-10-12(17)7-8-13(14)19-15(20)18-11-16(21,5-2)6-3/h1,7-8,10,21H,5-6,9,11H2,2-3H3,(H2,18,19,20). The molecule has 120 valence electrons. The third-order valence-corrected chi connectivity index (χ3v) is 3.40. The lowest BCUT2D eigenvalue weighted by Gasteiger charge is -2.25. The Morgan fingerprint density at radius 1 is 1.45 bits per heavy atom. The SMILES string of the molecule is C#CCOc1cc(F)ccc1NC(=O)NCC(O)(CC)CC. The molecular weight excluding hydrogens is 287 g/mol. The highest BCUT2D eigenvalue weighted by molar-refractivity contribution is 5.90. The van der Waals surface area contributed by atoms with E-state index in [1.807, 2.05) is 13.8 Å². The van der Waals surface area contributed by atoms with Crippen LogP contribution in [0.1, 0.15) is 26.7 Å². The lowest BCUT2D eigenvalue weighted by atomic mass is 9.98. The lowest BCUT2D eigenvalue weighted by molar-refractivity contribution is 0.0354. The molecule has 5 nitrogen and oxygen atoms in total. The molecule has 0 aliphatic carbocycles. The third kappa shape index (κ3) is 5.26. The first-order valence-electron chi connectivity index (χ1n) is 7.07. The van der Waals surface area contributed by atoms with E-state index in [0.29, 0.717) is 18.5 Å². The van der Waals surface area contributed by atoms with Crippen molar-refractivity contribution in [3.05, 3.63) is 24.0 Å². The van der Waals surface area contributed by atoms with Crippen LogP contribution < -0.4 is 15.4 Å². The van der Waals surface area contributed by atoms with Crippen molar-refractivity contribution in [3.63, 3.8) is 0 Å². The van der Waals surface area contributed by atoms with E-state index in [-0.39, 0.29) is 18.9 Å². The fraction of sp³-hybridized carbons (Fsp3) is 0.438. The summed E-state index contributed by atoms with van der Waals surface area (Å²) < 4.78 is 18.4. The van der Waals surface area contributed by atoms with Crippen molar-refractivity contribution in [2.45, 2.75) is 32.3 Å². The van der Waals surface area contributed by atoms with Gasteiger partial charge in [0.25, 0.3) is 0 Å². The highest BCUT2D eigenvalue weighted by atomic mass is 19.1. The first-order chi connectivity index (χ1) is 10.4. The highest BCUT2D eigenvalue weighted by Gasteiger charge is 2.22. The van der Waals surface area contributed by atoms with Gasteiger partial charge in [-0.25, -0.2) is 9.18 Å². The van der Waals surface area contributed by atoms with Gasteiger partial charge in [-0.2, -0.15) is 0 Å². The maximum atomic E-state index is 13.2. The molecule has 0 aliphatic rings. The zero-order valence-electron chi connectivity index (χ0n) is 12.8. The van der Waals surface area contributed by atoms with Crippen LogP contribution in [0.15, 0.2) is 18.2 Å². The molecule has 0 saturated carbocycles. The molecule has 0 spiro atoms. The minimum absolute atomic E-state index is 0.0365. The minimum Gasteiger partial charge on any atom is -0.479 e. The van der Waals surface area contributed by atoms with Crippen molar-refractivity contribution in [3.8, 4) is 18.1 Å². The molecule has 0 saturated heterocycles.